The predicted molar refractivity (Wildman–Crippen MR) is 124 cm³/mol. The second-order valence-corrected chi connectivity index (χ2v) is 10.7. The molecule has 3 aromatic rings. The molecule has 11 heteroatoms. The Bertz CT molecular complexity index is 1430. The summed E-state index contributed by atoms with van der Waals surface area (Å²) in [6.45, 7) is 2.75. The number of amides is 3. The summed E-state index contributed by atoms with van der Waals surface area (Å²) in [4.78, 5) is 32.5. The molecule has 0 aliphatic carbocycles. The monoisotopic (exact) mass is 483 g/mol. The highest BCUT2D eigenvalue weighted by molar-refractivity contribution is 7.89. The number of hydrogen-bond acceptors (Lipinski definition) is 6. The molecule has 34 heavy (non-hydrogen) atoms. The van der Waals surface area contributed by atoms with Gasteiger partial charge in [0, 0.05) is 32.6 Å². The van der Waals surface area contributed by atoms with E-state index in [-0.39, 0.29) is 17.3 Å². The number of carbonyl (C=O) groups excluding carboxylic acids is 2. The molecule has 1 aromatic heterocycles. The minimum absolute atomic E-state index is 0.0340. The zero-order chi connectivity index (χ0) is 24.3. The van der Waals surface area contributed by atoms with Gasteiger partial charge in [-0.05, 0) is 31.2 Å². The highest BCUT2D eigenvalue weighted by Crippen LogP contribution is 2.41. The first kappa shape index (κ1) is 22.4. The van der Waals surface area contributed by atoms with Crippen molar-refractivity contribution in [3.8, 4) is 5.75 Å². The lowest BCUT2D eigenvalue weighted by Crippen LogP contribution is -2.47. The maximum absolute atomic E-state index is 13.6. The van der Waals surface area contributed by atoms with Crippen molar-refractivity contribution in [2.75, 3.05) is 20.7 Å². The highest BCUT2D eigenvalue weighted by atomic mass is 32.2. The molecule has 1 atom stereocenters. The molecule has 1 fully saturated rings. The number of fused-ring (bicyclic) bond motifs is 3. The van der Waals surface area contributed by atoms with Crippen molar-refractivity contribution in [2.45, 2.75) is 36.9 Å². The SMILES string of the molecule is CCn1c(CN2C(=O)NC3(CCOc4ccccc43)C2=O)nc2cc(S(=O)(=O)N(C)C)ccc21. The molecule has 2 aliphatic rings. The maximum atomic E-state index is 13.6. The van der Waals surface area contributed by atoms with Crippen molar-refractivity contribution in [3.63, 3.8) is 0 Å². The van der Waals surface area contributed by atoms with Crippen LogP contribution >= 0.6 is 0 Å². The summed E-state index contributed by atoms with van der Waals surface area (Å²) in [6.07, 6.45) is 0.334. The van der Waals surface area contributed by atoms with Crippen LogP contribution in [0.15, 0.2) is 47.4 Å². The summed E-state index contributed by atoms with van der Waals surface area (Å²) in [5, 5.41) is 2.89. The second kappa shape index (κ2) is 7.81. The Labute approximate surface area is 197 Å². The molecule has 3 heterocycles. The van der Waals surface area contributed by atoms with Crippen LogP contribution in [-0.4, -0.2) is 59.8 Å². The highest BCUT2D eigenvalue weighted by Gasteiger charge is 2.55. The third-order valence-electron chi connectivity index (χ3n) is 6.45. The zero-order valence-electron chi connectivity index (χ0n) is 19.1. The van der Waals surface area contributed by atoms with Crippen molar-refractivity contribution in [1.29, 1.82) is 0 Å². The van der Waals surface area contributed by atoms with Gasteiger partial charge >= 0.3 is 6.03 Å². The fourth-order valence-electron chi connectivity index (χ4n) is 4.66. The Kier molecular flexibility index (Phi) is 5.14. The molecule has 1 N–H and O–H groups in total. The van der Waals surface area contributed by atoms with Crippen molar-refractivity contribution in [2.24, 2.45) is 0 Å². The van der Waals surface area contributed by atoms with Crippen LogP contribution in [0.4, 0.5) is 4.79 Å². The van der Waals surface area contributed by atoms with Crippen LogP contribution in [0.1, 0.15) is 24.7 Å². The second-order valence-electron chi connectivity index (χ2n) is 8.53. The number of nitrogens with one attached hydrogen (secondary N) is 1. The van der Waals surface area contributed by atoms with Crippen LogP contribution in [0.2, 0.25) is 0 Å². The average Bonchev–Trinajstić information content (AvgIpc) is 3.28. The maximum Gasteiger partial charge on any atom is 0.325 e. The van der Waals surface area contributed by atoms with Crippen LogP contribution < -0.4 is 10.1 Å². The number of benzene rings is 2. The average molecular weight is 484 g/mol. The van der Waals surface area contributed by atoms with E-state index in [9.17, 15) is 18.0 Å². The first-order valence-corrected chi connectivity index (χ1v) is 12.4. The van der Waals surface area contributed by atoms with E-state index in [4.69, 9.17) is 4.74 Å². The summed E-state index contributed by atoms with van der Waals surface area (Å²) < 4.78 is 33.8. The number of aromatic nitrogens is 2. The van der Waals surface area contributed by atoms with Crippen LogP contribution in [-0.2, 0) is 33.4 Å². The number of imidazole rings is 1. The van der Waals surface area contributed by atoms with E-state index in [2.05, 4.69) is 10.3 Å². The smallest absolute Gasteiger partial charge is 0.325 e. The predicted octanol–water partition coefficient (Wildman–Crippen LogP) is 2.04. The minimum Gasteiger partial charge on any atom is -0.493 e. The van der Waals surface area contributed by atoms with Crippen LogP contribution in [0.5, 0.6) is 5.75 Å². The molecule has 1 unspecified atom stereocenters. The van der Waals surface area contributed by atoms with Gasteiger partial charge < -0.3 is 14.6 Å². The van der Waals surface area contributed by atoms with Gasteiger partial charge in [0.2, 0.25) is 10.0 Å². The number of urea groups is 1. The fraction of sp³-hybridized carbons (Fsp3) is 0.348. The van der Waals surface area contributed by atoms with Gasteiger partial charge in [-0.2, -0.15) is 0 Å². The van der Waals surface area contributed by atoms with Gasteiger partial charge in [-0.3, -0.25) is 9.69 Å². The zero-order valence-corrected chi connectivity index (χ0v) is 19.9. The lowest BCUT2D eigenvalue weighted by atomic mass is 9.84. The molecule has 10 nitrogen and oxygen atoms in total. The van der Waals surface area contributed by atoms with E-state index in [0.717, 1.165) is 9.82 Å². The third-order valence-corrected chi connectivity index (χ3v) is 8.26. The van der Waals surface area contributed by atoms with Gasteiger partial charge in [-0.1, -0.05) is 18.2 Å². The number of nitrogens with zero attached hydrogens (tertiary/aromatic N) is 4. The van der Waals surface area contributed by atoms with Gasteiger partial charge in [-0.15, -0.1) is 0 Å². The molecule has 178 valence electrons. The van der Waals surface area contributed by atoms with Crippen molar-refractivity contribution < 1.29 is 22.7 Å². The lowest BCUT2D eigenvalue weighted by molar-refractivity contribution is -0.133. The third kappa shape index (κ3) is 3.18. The van der Waals surface area contributed by atoms with Gasteiger partial charge in [0.05, 0.1) is 29.1 Å². The Morgan fingerprint density at radius 3 is 2.68 bits per heavy atom. The largest absolute Gasteiger partial charge is 0.493 e. The standard InChI is InChI=1S/C23H25N5O5S/c1-4-27-18-10-9-15(34(31,32)26(2)3)13-17(18)24-20(27)14-28-21(29)23(25-22(28)30)11-12-33-19-8-6-5-7-16(19)23/h5-10,13H,4,11-12,14H2,1-3H3,(H,25,30). The van der Waals surface area contributed by atoms with Crippen LogP contribution in [0.3, 0.4) is 0 Å². The first-order valence-electron chi connectivity index (χ1n) is 11.0. The van der Waals surface area contributed by atoms with E-state index in [1.54, 1.807) is 18.2 Å². The molecule has 2 aromatic carbocycles. The Balaban J connectivity index is 1.52. The molecule has 0 bridgehead atoms. The molecular weight excluding hydrogens is 458 g/mol. The molecule has 1 spiro atoms. The molecule has 2 aliphatic heterocycles. The van der Waals surface area contributed by atoms with E-state index in [1.165, 1.54) is 31.1 Å². The lowest BCUT2D eigenvalue weighted by Gasteiger charge is -2.33. The van der Waals surface area contributed by atoms with Crippen molar-refractivity contribution in [3.05, 3.63) is 53.9 Å². The Morgan fingerprint density at radius 1 is 1.18 bits per heavy atom. The molecule has 0 radical (unpaired) electrons. The van der Waals surface area contributed by atoms with E-state index in [1.807, 2.05) is 23.6 Å². The summed E-state index contributed by atoms with van der Waals surface area (Å²) in [5.41, 5.74) is 0.693. The molecule has 0 saturated carbocycles. The first-order chi connectivity index (χ1) is 16.2. The number of aryl methyl sites for hydroxylation is 1. The van der Waals surface area contributed by atoms with Crippen molar-refractivity contribution >= 4 is 33.0 Å². The minimum atomic E-state index is -3.62. The van der Waals surface area contributed by atoms with E-state index in [0.29, 0.717) is 42.2 Å². The molecule has 1 saturated heterocycles. The summed E-state index contributed by atoms with van der Waals surface area (Å²) in [7, 11) is -0.683. The number of carbonyl (C=O) groups is 2. The number of sulfonamides is 1. The topological polar surface area (TPSA) is 114 Å². The van der Waals surface area contributed by atoms with Gasteiger partial charge in [-0.25, -0.2) is 22.5 Å². The quantitative estimate of drug-likeness (QED) is 0.556. The number of imide groups is 1. The number of hydrogen-bond donors (Lipinski definition) is 1. The van der Waals surface area contributed by atoms with Gasteiger partial charge in [0.25, 0.3) is 5.91 Å². The Hall–Kier alpha value is -3.44. The normalized spacial score (nSPS) is 20.2. The van der Waals surface area contributed by atoms with Crippen LogP contribution in [0.25, 0.3) is 11.0 Å². The van der Waals surface area contributed by atoms with Crippen molar-refractivity contribution in [1.82, 2.24) is 24.1 Å². The van der Waals surface area contributed by atoms with Gasteiger partial charge in [0.15, 0.2) is 5.54 Å². The summed E-state index contributed by atoms with van der Waals surface area (Å²) in [6, 6.07) is 11.5. The van der Waals surface area contributed by atoms with Gasteiger partial charge in [0.1, 0.15) is 11.6 Å². The number of ether oxygens (including phenoxy) is 1. The summed E-state index contributed by atoms with van der Waals surface area (Å²) in [5.74, 6) is 0.733. The fourth-order valence-corrected chi connectivity index (χ4v) is 5.58. The molecular formula is C23H25N5O5S. The molecule has 5 rings (SSSR count). The van der Waals surface area contributed by atoms with Crippen LogP contribution in [0, 0.1) is 0 Å². The Morgan fingerprint density at radius 2 is 1.94 bits per heavy atom. The number of rotatable bonds is 5. The van der Waals surface area contributed by atoms with E-state index >= 15 is 0 Å². The summed E-state index contributed by atoms with van der Waals surface area (Å²) >= 11 is 0. The molecule has 3 amide bonds. The number of para-hydroxylation sites is 1. The van der Waals surface area contributed by atoms with E-state index < -0.39 is 21.6 Å².